The predicted molar refractivity (Wildman–Crippen MR) is 131 cm³/mol. The molecule has 1 aliphatic carbocycles. The maximum atomic E-state index is 13.4. The number of halogens is 1. The van der Waals surface area contributed by atoms with Gasteiger partial charge >= 0.3 is 0 Å². The van der Waals surface area contributed by atoms with Crippen molar-refractivity contribution in [3.05, 3.63) is 70.2 Å². The van der Waals surface area contributed by atoms with E-state index in [9.17, 15) is 9.59 Å². The van der Waals surface area contributed by atoms with E-state index in [0.717, 1.165) is 43.2 Å². The molecule has 0 saturated heterocycles. The highest BCUT2D eigenvalue weighted by molar-refractivity contribution is 6.30. The molecule has 2 amide bonds. The summed E-state index contributed by atoms with van der Waals surface area (Å²) in [6.45, 7) is 4.51. The first-order valence-electron chi connectivity index (χ1n) is 11.9. The molecule has 0 radical (unpaired) electrons. The average Bonchev–Trinajstić information content (AvgIpc) is 3.32. The number of benzene rings is 2. The quantitative estimate of drug-likeness (QED) is 0.500. The highest BCUT2D eigenvalue weighted by atomic mass is 35.5. The Hall–Kier alpha value is -2.33. The fraction of sp³-hybridized carbons (Fsp3) is 0.481. The van der Waals surface area contributed by atoms with Crippen LogP contribution in [0.2, 0.25) is 5.02 Å². The number of hydrogen-bond acceptors (Lipinski definition) is 2. The largest absolute Gasteiger partial charge is 0.352 e. The van der Waals surface area contributed by atoms with Crippen molar-refractivity contribution in [1.82, 2.24) is 10.2 Å². The lowest BCUT2D eigenvalue weighted by molar-refractivity contribution is -0.141. The van der Waals surface area contributed by atoms with Crippen LogP contribution < -0.4 is 5.32 Å². The maximum absolute atomic E-state index is 13.4. The molecule has 2 aromatic rings. The van der Waals surface area contributed by atoms with Crippen molar-refractivity contribution in [2.75, 3.05) is 0 Å². The summed E-state index contributed by atoms with van der Waals surface area (Å²) in [5.74, 6) is -0.0260. The summed E-state index contributed by atoms with van der Waals surface area (Å²) in [4.78, 5) is 28.3. The lowest BCUT2D eigenvalue weighted by atomic mass is 10.0. The van der Waals surface area contributed by atoms with Crippen LogP contribution in [0.5, 0.6) is 0 Å². The Morgan fingerprint density at radius 2 is 1.56 bits per heavy atom. The van der Waals surface area contributed by atoms with E-state index in [-0.39, 0.29) is 17.9 Å². The van der Waals surface area contributed by atoms with Crippen LogP contribution in [0.25, 0.3) is 0 Å². The molecule has 172 valence electrons. The van der Waals surface area contributed by atoms with Gasteiger partial charge in [0.1, 0.15) is 6.04 Å². The lowest BCUT2D eigenvalue weighted by Gasteiger charge is -2.31. The molecule has 2 aromatic carbocycles. The molecule has 0 aromatic heterocycles. The van der Waals surface area contributed by atoms with Crippen LogP contribution in [0, 0.1) is 0 Å². The Balaban J connectivity index is 1.73. The molecule has 3 rings (SSSR count). The van der Waals surface area contributed by atoms with E-state index in [2.05, 4.69) is 36.5 Å². The minimum atomic E-state index is -0.471. The lowest BCUT2D eigenvalue weighted by Crippen LogP contribution is -2.51. The highest BCUT2D eigenvalue weighted by Gasteiger charge is 2.30. The average molecular weight is 455 g/mol. The Kier molecular flexibility index (Phi) is 9.16. The second kappa shape index (κ2) is 12.1. The first-order chi connectivity index (χ1) is 15.5. The second-order valence-electron chi connectivity index (χ2n) is 8.73. The van der Waals surface area contributed by atoms with E-state index in [1.807, 2.05) is 31.2 Å². The molecule has 32 heavy (non-hydrogen) atoms. The van der Waals surface area contributed by atoms with Gasteiger partial charge in [-0.3, -0.25) is 9.59 Å². The van der Waals surface area contributed by atoms with Gasteiger partial charge in [-0.1, -0.05) is 74.7 Å². The molecule has 0 bridgehead atoms. The van der Waals surface area contributed by atoms with E-state index < -0.39 is 6.04 Å². The molecular formula is C27H35ClN2O2. The highest BCUT2D eigenvalue weighted by Crippen LogP contribution is 2.20. The number of nitrogens with one attached hydrogen (secondary N) is 1. The summed E-state index contributed by atoms with van der Waals surface area (Å²) >= 11 is 6.04. The molecule has 0 aliphatic heterocycles. The third kappa shape index (κ3) is 6.83. The molecule has 1 N–H and O–H groups in total. The van der Waals surface area contributed by atoms with E-state index in [0.29, 0.717) is 30.8 Å². The Morgan fingerprint density at radius 3 is 2.16 bits per heavy atom. The van der Waals surface area contributed by atoms with Gasteiger partial charge in [0.2, 0.25) is 11.8 Å². The zero-order valence-corrected chi connectivity index (χ0v) is 20.0. The van der Waals surface area contributed by atoms with Crippen molar-refractivity contribution < 1.29 is 9.59 Å². The molecule has 1 fully saturated rings. The first kappa shape index (κ1) is 24.3. The van der Waals surface area contributed by atoms with Gasteiger partial charge in [-0.2, -0.15) is 0 Å². The minimum Gasteiger partial charge on any atom is -0.352 e. The summed E-state index contributed by atoms with van der Waals surface area (Å²) < 4.78 is 0. The van der Waals surface area contributed by atoms with Gasteiger partial charge in [-0.25, -0.2) is 0 Å². The normalized spacial score (nSPS) is 14.8. The molecule has 0 unspecified atom stereocenters. The van der Waals surface area contributed by atoms with Crippen LogP contribution in [0.15, 0.2) is 48.5 Å². The minimum absolute atomic E-state index is 0.00735. The van der Waals surface area contributed by atoms with Gasteiger partial charge in [0.15, 0.2) is 0 Å². The first-order valence-corrected chi connectivity index (χ1v) is 12.3. The standard InChI is InChI=1S/C27H35ClN2O2/c1-3-20-9-11-21(12-10-20)15-18-26(31)30(19-22-13-16-23(28)17-14-22)25(4-2)27(32)29-24-7-5-6-8-24/h9-14,16-17,24-25H,3-8,15,18-19H2,1-2H3,(H,29,32)/t25-/m1/s1. The molecule has 1 saturated carbocycles. The number of carbonyl (C=O) groups excluding carboxylic acids is 2. The number of nitrogens with zero attached hydrogens (tertiary/aromatic N) is 1. The van der Waals surface area contributed by atoms with Crippen molar-refractivity contribution in [1.29, 1.82) is 0 Å². The second-order valence-corrected chi connectivity index (χ2v) is 9.17. The summed E-state index contributed by atoms with van der Waals surface area (Å²) in [6.07, 6.45) is 7.01. The zero-order chi connectivity index (χ0) is 22.9. The smallest absolute Gasteiger partial charge is 0.243 e. The third-order valence-electron chi connectivity index (χ3n) is 6.41. The molecular weight excluding hydrogens is 420 g/mol. The summed E-state index contributed by atoms with van der Waals surface area (Å²) in [7, 11) is 0. The van der Waals surface area contributed by atoms with E-state index in [4.69, 9.17) is 11.6 Å². The summed E-state index contributed by atoms with van der Waals surface area (Å²) in [6, 6.07) is 15.7. The van der Waals surface area contributed by atoms with Crippen molar-refractivity contribution in [3.63, 3.8) is 0 Å². The molecule has 4 nitrogen and oxygen atoms in total. The van der Waals surface area contributed by atoms with E-state index >= 15 is 0 Å². The van der Waals surface area contributed by atoms with Crippen LogP contribution in [-0.2, 0) is 29.0 Å². The fourth-order valence-electron chi connectivity index (χ4n) is 4.41. The van der Waals surface area contributed by atoms with Gasteiger partial charge in [0.25, 0.3) is 0 Å². The number of rotatable bonds is 10. The predicted octanol–water partition coefficient (Wildman–Crippen LogP) is 5.70. The Morgan fingerprint density at radius 1 is 0.969 bits per heavy atom. The Labute approximate surface area is 197 Å². The monoisotopic (exact) mass is 454 g/mol. The van der Waals surface area contributed by atoms with Gasteiger partial charge in [-0.15, -0.1) is 0 Å². The van der Waals surface area contributed by atoms with Crippen LogP contribution in [0.4, 0.5) is 0 Å². The van der Waals surface area contributed by atoms with Crippen LogP contribution in [0.1, 0.15) is 69.1 Å². The topological polar surface area (TPSA) is 49.4 Å². The Bertz CT molecular complexity index is 874. The van der Waals surface area contributed by atoms with Gasteiger partial charge < -0.3 is 10.2 Å². The number of amides is 2. The summed E-state index contributed by atoms with van der Waals surface area (Å²) in [5, 5.41) is 3.85. The van der Waals surface area contributed by atoms with Crippen molar-refractivity contribution in [2.45, 2.75) is 83.8 Å². The summed E-state index contributed by atoms with van der Waals surface area (Å²) in [5.41, 5.74) is 3.41. The molecule has 1 atom stereocenters. The number of carbonyl (C=O) groups is 2. The van der Waals surface area contributed by atoms with Gasteiger partial charge in [-0.05, 0) is 60.9 Å². The van der Waals surface area contributed by atoms with Crippen molar-refractivity contribution in [2.24, 2.45) is 0 Å². The zero-order valence-electron chi connectivity index (χ0n) is 19.3. The van der Waals surface area contributed by atoms with E-state index in [1.54, 1.807) is 4.90 Å². The van der Waals surface area contributed by atoms with Gasteiger partial charge in [0.05, 0.1) is 0 Å². The van der Waals surface area contributed by atoms with Crippen LogP contribution >= 0.6 is 11.6 Å². The van der Waals surface area contributed by atoms with Crippen molar-refractivity contribution in [3.8, 4) is 0 Å². The fourth-order valence-corrected chi connectivity index (χ4v) is 4.54. The third-order valence-corrected chi connectivity index (χ3v) is 6.66. The van der Waals surface area contributed by atoms with Crippen molar-refractivity contribution >= 4 is 23.4 Å². The molecule has 0 spiro atoms. The molecule has 5 heteroatoms. The molecule has 0 heterocycles. The number of hydrogen-bond donors (Lipinski definition) is 1. The number of aryl methyl sites for hydroxylation is 2. The van der Waals surface area contributed by atoms with Crippen LogP contribution in [-0.4, -0.2) is 28.8 Å². The maximum Gasteiger partial charge on any atom is 0.243 e. The molecule has 1 aliphatic rings. The van der Waals surface area contributed by atoms with E-state index in [1.165, 1.54) is 5.56 Å². The SMILES string of the molecule is CCc1ccc(CCC(=O)N(Cc2ccc(Cl)cc2)[C@H](CC)C(=O)NC2CCCC2)cc1. The van der Waals surface area contributed by atoms with Crippen LogP contribution in [0.3, 0.4) is 0 Å². The van der Waals surface area contributed by atoms with Gasteiger partial charge in [0, 0.05) is 24.0 Å².